The van der Waals surface area contributed by atoms with Gasteiger partial charge < -0.3 is 16.3 Å². The van der Waals surface area contributed by atoms with Crippen LogP contribution in [0.3, 0.4) is 0 Å². The Hall–Kier alpha value is -1.46. The molecule has 0 aromatic heterocycles. The van der Waals surface area contributed by atoms with Gasteiger partial charge in [-0.3, -0.25) is 4.79 Å². The summed E-state index contributed by atoms with van der Waals surface area (Å²) in [5.74, 6) is -0.462. The molecule has 1 amide bonds. The van der Waals surface area contributed by atoms with E-state index in [9.17, 15) is 4.79 Å². The Kier molecular flexibility index (Phi) is 5.87. The molecule has 0 saturated carbocycles. The predicted molar refractivity (Wildman–Crippen MR) is 84.8 cm³/mol. The minimum atomic E-state index is -1.08. The maximum absolute atomic E-state index is 12.4. The van der Waals surface area contributed by atoms with E-state index >= 15 is 0 Å². The number of hydrogen-bond acceptors (Lipinski definition) is 3. The standard InChI is InChI=1S/C14H19Cl2N3O2/c1-4-14(3,12(17)19-21)13(20)18-8(2)10-6-5-9(15)7-11(10)16/h5-8,21H,4H2,1-3H3,(H2,17,19)(H,18,20). The third-order valence-corrected chi connectivity index (χ3v) is 4.22. The summed E-state index contributed by atoms with van der Waals surface area (Å²) in [6.45, 7) is 5.21. The molecule has 1 aromatic rings. The maximum Gasteiger partial charge on any atom is 0.234 e. The van der Waals surface area contributed by atoms with E-state index in [1.54, 1.807) is 39.0 Å². The van der Waals surface area contributed by atoms with E-state index in [1.165, 1.54) is 0 Å². The molecule has 0 radical (unpaired) electrons. The van der Waals surface area contributed by atoms with Crippen molar-refractivity contribution in [1.29, 1.82) is 0 Å². The minimum absolute atomic E-state index is 0.128. The molecular formula is C14H19Cl2N3O2. The van der Waals surface area contributed by atoms with Crippen molar-refractivity contribution in [3.05, 3.63) is 33.8 Å². The summed E-state index contributed by atoms with van der Waals surface area (Å²) < 4.78 is 0. The second-order valence-corrected chi connectivity index (χ2v) is 5.88. The molecule has 1 aromatic carbocycles. The Labute approximate surface area is 134 Å². The molecule has 7 heteroatoms. The van der Waals surface area contributed by atoms with E-state index in [2.05, 4.69) is 10.5 Å². The number of nitrogens with one attached hydrogen (secondary N) is 1. The first kappa shape index (κ1) is 17.6. The lowest BCUT2D eigenvalue weighted by Crippen LogP contribution is -2.48. The van der Waals surface area contributed by atoms with Crippen LogP contribution in [-0.2, 0) is 4.79 Å². The third kappa shape index (κ3) is 3.80. The number of amidine groups is 1. The lowest BCUT2D eigenvalue weighted by molar-refractivity contribution is -0.127. The van der Waals surface area contributed by atoms with Crippen LogP contribution in [0.5, 0.6) is 0 Å². The summed E-state index contributed by atoms with van der Waals surface area (Å²) in [5.41, 5.74) is 5.28. The van der Waals surface area contributed by atoms with Gasteiger partial charge in [-0.25, -0.2) is 0 Å². The fourth-order valence-electron chi connectivity index (χ4n) is 1.85. The molecule has 0 spiro atoms. The molecule has 1 rings (SSSR count). The largest absolute Gasteiger partial charge is 0.409 e. The number of halogens is 2. The van der Waals surface area contributed by atoms with Crippen LogP contribution in [-0.4, -0.2) is 17.0 Å². The van der Waals surface area contributed by atoms with Crippen molar-refractivity contribution < 1.29 is 10.0 Å². The number of carbonyl (C=O) groups excluding carboxylic acids is 1. The van der Waals surface area contributed by atoms with E-state index in [-0.39, 0.29) is 17.8 Å². The average molecular weight is 332 g/mol. The number of amides is 1. The first-order chi connectivity index (χ1) is 9.76. The Bertz CT molecular complexity index is 563. The lowest BCUT2D eigenvalue weighted by atomic mass is 9.84. The van der Waals surface area contributed by atoms with Crippen molar-refractivity contribution in [2.45, 2.75) is 33.2 Å². The number of hydrogen-bond donors (Lipinski definition) is 3. The van der Waals surface area contributed by atoms with Crippen molar-refractivity contribution in [1.82, 2.24) is 5.32 Å². The molecule has 0 aliphatic heterocycles. The van der Waals surface area contributed by atoms with Gasteiger partial charge in [-0.05, 0) is 38.0 Å². The predicted octanol–water partition coefficient (Wildman–Crippen LogP) is 3.33. The third-order valence-electron chi connectivity index (χ3n) is 3.66. The molecule has 0 bridgehead atoms. The van der Waals surface area contributed by atoms with Crippen LogP contribution in [0.2, 0.25) is 10.0 Å². The van der Waals surface area contributed by atoms with E-state index in [4.69, 9.17) is 34.1 Å². The quantitative estimate of drug-likeness (QED) is 0.334. The Morgan fingerprint density at radius 3 is 2.62 bits per heavy atom. The molecule has 5 nitrogen and oxygen atoms in total. The van der Waals surface area contributed by atoms with Gasteiger partial charge in [0, 0.05) is 10.0 Å². The van der Waals surface area contributed by atoms with Crippen LogP contribution in [0, 0.1) is 5.41 Å². The molecule has 0 saturated heterocycles. The first-order valence-corrected chi connectivity index (χ1v) is 7.25. The van der Waals surface area contributed by atoms with Gasteiger partial charge in [-0.15, -0.1) is 0 Å². The number of benzene rings is 1. The van der Waals surface area contributed by atoms with Gasteiger partial charge in [0.15, 0.2) is 5.84 Å². The molecule has 4 N–H and O–H groups in total. The summed E-state index contributed by atoms with van der Waals surface area (Å²) >= 11 is 12.0. The normalized spacial score (nSPS) is 16.1. The second kappa shape index (κ2) is 7.00. The van der Waals surface area contributed by atoms with E-state index in [1.807, 2.05) is 0 Å². The highest BCUT2D eigenvalue weighted by atomic mass is 35.5. The van der Waals surface area contributed by atoms with Gasteiger partial charge in [0.05, 0.1) is 6.04 Å². The van der Waals surface area contributed by atoms with Crippen molar-refractivity contribution in [2.24, 2.45) is 16.3 Å². The van der Waals surface area contributed by atoms with Crippen LogP contribution >= 0.6 is 23.2 Å². The van der Waals surface area contributed by atoms with E-state index in [0.717, 1.165) is 5.56 Å². The van der Waals surface area contributed by atoms with Gasteiger partial charge >= 0.3 is 0 Å². The minimum Gasteiger partial charge on any atom is -0.409 e. The molecule has 0 fully saturated rings. The van der Waals surface area contributed by atoms with Crippen molar-refractivity contribution in [3.8, 4) is 0 Å². The molecule has 0 aliphatic rings. The highest BCUT2D eigenvalue weighted by molar-refractivity contribution is 6.35. The van der Waals surface area contributed by atoms with Gasteiger partial charge in [0.25, 0.3) is 0 Å². The summed E-state index contributed by atoms with van der Waals surface area (Å²) in [6.07, 6.45) is 0.399. The highest BCUT2D eigenvalue weighted by Crippen LogP contribution is 2.28. The van der Waals surface area contributed by atoms with Gasteiger partial charge in [-0.2, -0.15) is 0 Å². The van der Waals surface area contributed by atoms with Crippen LogP contribution in [0.4, 0.5) is 0 Å². The van der Waals surface area contributed by atoms with Gasteiger partial charge in [0.2, 0.25) is 5.91 Å². The summed E-state index contributed by atoms with van der Waals surface area (Å²) in [4.78, 5) is 12.4. The second-order valence-electron chi connectivity index (χ2n) is 5.03. The fourth-order valence-corrected chi connectivity index (χ4v) is 2.43. The van der Waals surface area contributed by atoms with Gasteiger partial charge in [-0.1, -0.05) is 41.3 Å². The number of nitrogens with zero attached hydrogens (tertiary/aromatic N) is 1. The number of nitrogens with two attached hydrogens (primary N) is 1. The molecule has 21 heavy (non-hydrogen) atoms. The van der Waals surface area contributed by atoms with E-state index in [0.29, 0.717) is 16.5 Å². The average Bonchev–Trinajstić information content (AvgIpc) is 2.44. The zero-order valence-corrected chi connectivity index (χ0v) is 13.7. The van der Waals surface area contributed by atoms with Crippen LogP contribution in [0.1, 0.15) is 38.8 Å². The number of carbonyl (C=O) groups is 1. The van der Waals surface area contributed by atoms with Crippen LogP contribution in [0.25, 0.3) is 0 Å². The number of rotatable bonds is 5. The van der Waals surface area contributed by atoms with Crippen molar-refractivity contribution in [2.75, 3.05) is 0 Å². The van der Waals surface area contributed by atoms with Gasteiger partial charge in [0.1, 0.15) is 5.41 Å². The molecule has 0 aliphatic carbocycles. The topological polar surface area (TPSA) is 87.7 Å². The monoisotopic (exact) mass is 331 g/mol. The molecule has 116 valence electrons. The molecule has 2 atom stereocenters. The molecule has 0 heterocycles. The number of oxime groups is 1. The van der Waals surface area contributed by atoms with Crippen molar-refractivity contribution >= 4 is 34.9 Å². The Morgan fingerprint density at radius 1 is 1.52 bits per heavy atom. The van der Waals surface area contributed by atoms with Crippen LogP contribution < -0.4 is 11.1 Å². The summed E-state index contributed by atoms with van der Waals surface area (Å²) in [5, 5.41) is 15.6. The Balaban J connectivity index is 2.96. The first-order valence-electron chi connectivity index (χ1n) is 6.50. The fraction of sp³-hybridized carbons (Fsp3) is 0.429. The zero-order valence-electron chi connectivity index (χ0n) is 12.2. The summed E-state index contributed by atoms with van der Waals surface area (Å²) in [7, 11) is 0. The highest BCUT2D eigenvalue weighted by Gasteiger charge is 2.37. The van der Waals surface area contributed by atoms with E-state index < -0.39 is 5.41 Å². The SMILES string of the molecule is CCC(C)(C(=O)NC(C)c1ccc(Cl)cc1Cl)/C(N)=N/O. The smallest absolute Gasteiger partial charge is 0.234 e. The lowest BCUT2D eigenvalue weighted by Gasteiger charge is -2.27. The zero-order chi connectivity index (χ0) is 16.2. The maximum atomic E-state index is 12.4. The van der Waals surface area contributed by atoms with Crippen LogP contribution in [0.15, 0.2) is 23.4 Å². The Morgan fingerprint density at radius 2 is 2.14 bits per heavy atom. The van der Waals surface area contributed by atoms with Crippen molar-refractivity contribution in [3.63, 3.8) is 0 Å². The molecular weight excluding hydrogens is 313 g/mol. The summed E-state index contributed by atoms with van der Waals surface area (Å²) in [6, 6.07) is 4.74. The molecule has 2 unspecified atom stereocenters.